The van der Waals surface area contributed by atoms with Crippen LogP contribution in [0.3, 0.4) is 0 Å². The first-order valence-electron chi connectivity index (χ1n) is 7.43. The number of urea groups is 1. The van der Waals surface area contributed by atoms with Gasteiger partial charge in [0.2, 0.25) is 5.91 Å². The Morgan fingerprint density at radius 1 is 1.26 bits per heavy atom. The molecule has 0 radical (unpaired) electrons. The third-order valence-electron chi connectivity index (χ3n) is 3.26. The van der Waals surface area contributed by atoms with Gasteiger partial charge in [-0.05, 0) is 54.8 Å². The number of furan rings is 1. The smallest absolute Gasteiger partial charge is 0.315 e. The first-order valence-corrected chi connectivity index (χ1v) is 8.37. The molecule has 0 bridgehead atoms. The van der Waals surface area contributed by atoms with Crippen molar-refractivity contribution in [2.75, 3.05) is 0 Å². The molecule has 0 aliphatic carbocycles. The van der Waals surface area contributed by atoms with Gasteiger partial charge in [0, 0.05) is 6.04 Å². The number of hydrogen-bond acceptors (Lipinski definition) is 4. The van der Waals surface area contributed by atoms with Crippen molar-refractivity contribution in [2.24, 2.45) is 0 Å². The van der Waals surface area contributed by atoms with Crippen LogP contribution in [0, 0.1) is 0 Å². The Hall–Kier alpha value is -2.28. The van der Waals surface area contributed by atoms with Crippen LogP contribution >= 0.6 is 11.3 Å². The largest absolute Gasteiger partial charge is 0.467 e. The van der Waals surface area contributed by atoms with Gasteiger partial charge in [0.25, 0.3) is 0 Å². The normalized spacial score (nSPS) is 13.1. The molecule has 0 saturated heterocycles. The monoisotopic (exact) mass is 335 g/mol. The predicted molar refractivity (Wildman–Crippen MR) is 89.2 cm³/mol. The molecule has 2 rings (SSSR count). The molecule has 0 aromatic carbocycles. The number of amides is 3. The standard InChI is InChI=1S/C16H21N3O3S/c1-11(8-13-5-7-23-10-13)18-16(21)19-12(2)15(20)17-9-14-4-3-6-22-14/h3-7,10-12H,8-9H2,1-2H3,(H,17,20)(H2,18,19,21)/t11-,12+/m1/s1. The van der Waals surface area contributed by atoms with Crippen molar-refractivity contribution in [3.63, 3.8) is 0 Å². The van der Waals surface area contributed by atoms with E-state index in [1.54, 1.807) is 36.7 Å². The van der Waals surface area contributed by atoms with Gasteiger partial charge in [-0.1, -0.05) is 0 Å². The zero-order valence-corrected chi connectivity index (χ0v) is 14.0. The molecule has 2 aromatic rings. The summed E-state index contributed by atoms with van der Waals surface area (Å²) < 4.78 is 5.13. The highest BCUT2D eigenvalue weighted by Gasteiger charge is 2.16. The van der Waals surface area contributed by atoms with Crippen LogP contribution in [-0.2, 0) is 17.8 Å². The zero-order chi connectivity index (χ0) is 16.7. The summed E-state index contributed by atoms with van der Waals surface area (Å²) in [6, 6.07) is 4.57. The van der Waals surface area contributed by atoms with Crippen molar-refractivity contribution in [3.05, 3.63) is 46.5 Å². The molecule has 23 heavy (non-hydrogen) atoms. The van der Waals surface area contributed by atoms with Crippen LogP contribution in [0.2, 0.25) is 0 Å². The maximum atomic E-state index is 11.9. The Labute approximate surface area is 139 Å². The molecule has 0 aliphatic rings. The molecule has 3 N–H and O–H groups in total. The number of thiophene rings is 1. The van der Waals surface area contributed by atoms with Crippen LogP contribution in [-0.4, -0.2) is 24.0 Å². The molecule has 0 saturated carbocycles. The van der Waals surface area contributed by atoms with Crippen LogP contribution < -0.4 is 16.0 Å². The topological polar surface area (TPSA) is 83.4 Å². The fraction of sp³-hybridized carbons (Fsp3) is 0.375. The molecule has 6 nitrogen and oxygen atoms in total. The first kappa shape index (κ1) is 17.1. The highest BCUT2D eigenvalue weighted by Crippen LogP contribution is 2.08. The van der Waals surface area contributed by atoms with E-state index in [9.17, 15) is 9.59 Å². The minimum absolute atomic E-state index is 0.0111. The first-order chi connectivity index (χ1) is 11.0. The van der Waals surface area contributed by atoms with Crippen molar-refractivity contribution in [3.8, 4) is 0 Å². The summed E-state index contributed by atoms with van der Waals surface area (Å²) in [5, 5.41) is 12.2. The molecule has 3 amide bonds. The quantitative estimate of drug-likeness (QED) is 0.726. The molecule has 124 valence electrons. The number of carbonyl (C=O) groups is 2. The van der Waals surface area contributed by atoms with Gasteiger partial charge in [-0.3, -0.25) is 4.79 Å². The van der Waals surface area contributed by atoms with Gasteiger partial charge in [-0.2, -0.15) is 11.3 Å². The van der Waals surface area contributed by atoms with Crippen molar-refractivity contribution in [1.82, 2.24) is 16.0 Å². The van der Waals surface area contributed by atoms with Crippen LogP contribution in [0.1, 0.15) is 25.2 Å². The average molecular weight is 335 g/mol. The molecule has 0 unspecified atom stereocenters. The minimum atomic E-state index is -0.627. The lowest BCUT2D eigenvalue weighted by Gasteiger charge is -2.17. The lowest BCUT2D eigenvalue weighted by Crippen LogP contribution is -2.50. The Kier molecular flexibility index (Phi) is 6.22. The van der Waals surface area contributed by atoms with Crippen LogP contribution in [0.25, 0.3) is 0 Å². The fourth-order valence-electron chi connectivity index (χ4n) is 2.08. The zero-order valence-electron chi connectivity index (χ0n) is 13.2. The van der Waals surface area contributed by atoms with Gasteiger partial charge in [0.1, 0.15) is 11.8 Å². The van der Waals surface area contributed by atoms with E-state index in [1.807, 2.05) is 18.4 Å². The summed E-state index contributed by atoms with van der Waals surface area (Å²) in [6.07, 6.45) is 2.31. The van der Waals surface area contributed by atoms with Crippen molar-refractivity contribution in [1.29, 1.82) is 0 Å². The third-order valence-corrected chi connectivity index (χ3v) is 3.99. The van der Waals surface area contributed by atoms with E-state index < -0.39 is 6.04 Å². The Bertz CT molecular complexity index is 611. The summed E-state index contributed by atoms with van der Waals surface area (Å²) in [4.78, 5) is 23.8. The summed E-state index contributed by atoms with van der Waals surface area (Å²) in [5.74, 6) is 0.404. The summed E-state index contributed by atoms with van der Waals surface area (Å²) >= 11 is 1.63. The van der Waals surface area contributed by atoms with Crippen molar-refractivity contribution in [2.45, 2.75) is 38.9 Å². The number of nitrogens with one attached hydrogen (secondary N) is 3. The predicted octanol–water partition coefficient (Wildman–Crippen LogP) is 2.28. The van der Waals surface area contributed by atoms with Gasteiger partial charge >= 0.3 is 6.03 Å². The SMILES string of the molecule is C[C@H](Cc1ccsc1)NC(=O)N[C@@H](C)C(=O)NCc1ccco1. The van der Waals surface area contributed by atoms with E-state index in [0.29, 0.717) is 12.3 Å². The van der Waals surface area contributed by atoms with E-state index >= 15 is 0 Å². The van der Waals surface area contributed by atoms with Crippen LogP contribution in [0.4, 0.5) is 4.79 Å². The van der Waals surface area contributed by atoms with E-state index in [2.05, 4.69) is 21.3 Å². The third kappa shape index (κ3) is 5.78. The van der Waals surface area contributed by atoms with E-state index in [-0.39, 0.29) is 18.0 Å². The van der Waals surface area contributed by atoms with Gasteiger partial charge in [-0.15, -0.1) is 0 Å². The molecule has 7 heteroatoms. The molecule has 2 heterocycles. The maximum absolute atomic E-state index is 11.9. The van der Waals surface area contributed by atoms with Gasteiger partial charge in [0.15, 0.2) is 0 Å². The van der Waals surface area contributed by atoms with E-state index in [0.717, 1.165) is 6.42 Å². The highest BCUT2D eigenvalue weighted by atomic mass is 32.1. The summed E-state index contributed by atoms with van der Waals surface area (Å²) in [6.45, 7) is 3.87. The number of rotatable bonds is 7. The molecule has 0 fully saturated rings. The van der Waals surface area contributed by atoms with Gasteiger partial charge in [0.05, 0.1) is 12.8 Å². The molecular formula is C16H21N3O3S. The van der Waals surface area contributed by atoms with Gasteiger partial charge < -0.3 is 20.4 Å². The average Bonchev–Trinajstić information content (AvgIpc) is 3.17. The summed E-state index contributed by atoms with van der Waals surface area (Å²) in [7, 11) is 0. The molecule has 0 aliphatic heterocycles. The lowest BCUT2D eigenvalue weighted by atomic mass is 10.1. The fourth-order valence-corrected chi connectivity index (χ4v) is 2.76. The lowest BCUT2D eigenvalue weighted by molar-refractivity contribution is -0.122. The Morgan fingerprint density at radius 2 is 2.09 bits per heavy atom. The second-order valence-electron chi connectivity index (χ2n) is 5.37. The van der Waals surface area contributed by atoms with Crippen LogP contribution in [0.15, 0.2) is 39.6 Å². The summed E-state index contributed by atoms with van der Waals surface area (Å²) in [5.41, 5.74) is 1.19. The van der Waals surface area contributed by atoms with Gasteiger partial charge in [-0.25, -0.2) is 4.79 Å². The number of carbonyl (C=O) groups excluding carboxylic acids is 2. The molecule has 0 spiro atoms. The van der Waals surface area contributed by atoms with E-state index in [4.69, 9.17) is 4.42 Å². The maximum Gasteiger partial charge on any atom is 0.315 e. The Balaban J connectivity index is 1.69. The van der Waals surface area contributed by atoms with E-state index in [1.165, 1.54) is 5.56 Å². The molecule has 2 atom stereocenters. The minimum Gasteiger partial charge on any atom is -0.467 e. The second-order valence-corrected chi connectivity index (χ2v) is 6.15. The highest BCUT2D eigenvalue weighted by molar-refractivity contribution is 7.07. The molecule has 2 aromatic heterocycles. The van der Waals surface area contributed by atoms with Crippen molar-refractivity contribution < 1.29 is 14.0 Å². The number of hydrogen-bond donors (Lipinski definition) is 3. The van der Waals surface area contributed by atoms with Crippen LogP contribution in [0.5, 0.6) is 0 Å². The second kappa shape index (κ2) is 8.38. The Morgan fingerprint density at radius 3 is 2.74 bits per heavy atom. The van der Waals surface area contributed by atoms with Crippen molar-refractivity contribution >= 4 is 23.3 Å². The molecular weight excluding hydrogens is 314 g/mol.